The number of hydrogen-bond donors (Lipinski definition) is 2. The molecule has 0 spiro atoms. The van der Waals surface area contributed by atoms with Gasteiger partial charge >= 0.3 is 0 Å². The molecule has 0 fully saturated rings. The van der Waals surface area contributed by atoms with Gasteiger partial charge in [-0.2, -0.15) is 0 Å². The van der Waals surface area contributed by atoms with Crippen LogP contribution in [0.2, 0.25) is 0 Å². The minimum absolute atomic E-state index is 0.0566. The topological polar surface area (TPSA) is 57.8 Å². The zero-order valence-corrected chi connectivity index (χ0v) is 11.6. The largest absolute Gasteiger partial charge is 0.311 e. The first-order valence-corrected chi connectivity index (χ1v) is 7.14. The number of aromatic amines is 1. The van der Waals surface area contributed by atoms with Crippen molar-refractivity contribution in [2.45, 2.75) is 32.2 Å². The highest BCUT2D eigenvalue weighted by molar-refractivity contribution is 5.35. The molecule has 0 bridgehead atoms. The number of aromatic nitrogens is 2. The third-order valence-electron chi connectivity index (χ3n) is 3.81. The van der Waals surface area contributed by atoms with Gasteiger partial charge in [0.25, 0.3) is 5.56 Å². The molecule has 3 rings (SSSR count). The number of nitrogens with one attached hydrogen (secondary N) is 2. The van der Waals surface area contributed by atoms with Crippen molar-refractivity contribution in [1.29, 1.82) is 0 Å². The number of benzene rings is 1. The average molecular weight is 269 g/mol. The first-order valence-electron chi connectivity index (χ1n) is 7.14. The van der Waals surface area contributed by atoms with Crippen molar-refractivity contribution in [1.82, 2.24) is 15.3 Å². The molecule has 0 aliphatic heterocycles. The predicted octanol–water partition coefficient (Wildman–Crippen LogP) is 1.76. The second-order valence-electron chi connectivity index (χ2n) is 5.28. The van der Waals surface area contributed by atoms with E-state index < -0.39 is 0 Å². The highest BCUT2D eigenvalue weighted by atomic mass is 16.1. The van der Waals surface area contributed by atoms with Gasteiger partial charge in [-0.1, -0.05) is 31.2 Å². The summed E-state index contributed by atoms with van der Waals surface area (Å²) < 4.78 is 0. The Labute approximate surface area is 118 Å². The minimum atomic E-state index is -0.0566. The zero-order chi connectivity index (χ0) is 13.9. The van der Waals surface area contributed by atoms with Crippen molar-refractivity contribution in [3.05, 3.63) is 63.3 Å². The summed E-state index contributed by atoms with van der Waals surface area (Å²) in [5.74, 6) is 1.11. The van der Waals surface area contributed by atoms with Crippen LogP contribution in [0, 0.1) is 0 Å². The molecule has 4 nitrogen and oxygen atoms in total. The summed E-state index contributed by atoms with van der Waals surface area (Å²) in [5.41, 5.74) is 3.51. The molecule has 0 unspecified atom stereocenters. The third-order valence-corrected chi connectivity index (χ3v) is 3.81. The highest BCUT2D eigenvalue weighted by Crippen LogP contribution is 2.31. The van der Waals surface area contributed by atoms with Crippen LogP contribution in [0.5, 0.6) is 0 Å². The molecule has 1 aromatic heterocycles. The van der Waals surface area contributed by atoms with Gasteiger partial charge in [0.15, 0.2) is 0 Å². The summed E-state index contributed by atoms with van der Waals surface area (Å²) >= 11 is 0. The monoisotopic (exact) mass is 269 g/mol. The summed E-state index contributed by atoms with van der Waals surface area (Å²) in [6.07, 6.45) is 1.92. The lowest BCUT2D eigenvalue weighted by Crippen LogP contribution is -2.20. The molecule has 0 atom stereocenters. The lowest BCUT2D eigenvalue weighted by molar-refractivity contribution is 0.649. The van der Waals surface area contributed by atoms with E-state index >= 15 is 0 Å². The van der Waals surface area contributed by atoms with Gasteiger partial charge in [-0.25, -0.2) is 4.98 Å². The van der Waals surface area contributed by atoms with Crippen molar-refractivity contribution in [2.24, 2.45) is 0 Å². The Morgan fingerprint density at radius 2 is 2.00 bits per heavy atom. The van der Waals surface area contributed by atoms with E-state index in [1.54, 1.807) is 6.07 Å². The van der Waals surface area contributed by atoms with Crippen LogP contribution in [0.3, 0.4) is 0 Å². The molecular weight excluding hydrogens is 250 g/mol. The van der Waals surface area contributed by atoms with Gasteiger partial charge in [0, 0.05) is 18.5 Å². The van der Waals surface area contributed by atoms with Crippen LogP contribution in [0.4, 0.5) is 0 Å². The van der Waals surface area contributed by atoms with E-state index in [2.05, 4.69) is 39.6 Å². The Balaban J connectivity index is 1.85. The minimum Gasteiger partial charge on any atom is -0.311 e. The maximum atomic E-state index is 11.8. The molecule has 1 aliphatic rings. The van der Waals surface area contributed by atoms with Crippen molar-refractivity contribution < 1.29 is 0 Å². The predicted molar refractivity (Wildman–Crippen MR) is 78.8 cm³/mol. The van der Waals surface area contributed by atoms with Gasteiger partial charge in [0.1, 0.15) is 5.82 Å². The van der Waals surface area contributed by atoms with Crippen molar-refractivity contribution >= 4 is 0 Å². The first kappa shape index (κ1) is 13.1. The first-order chi connectivity index (χ1) is 9.76. The Kier molecular flexibility index (Phi) is 3.65. The molecule has 1 aromatic carbocycles. The second kappa shape index (κ2) is 5.59. The van der Waals surface area contributed by atoms with Crippen molar-refractivity contribution in [2.75, 3.05) is 6.54 Å². The van der Waals surface area contributed by atoms with Crippen molar-refractivity contribution in [3.8, 4) is 0 Å². The van der Waals surface area contributed by atoms with E-state index in [-0.39, 0.29) is 5.56 Å². The van der Waals surface area contributed by atoms with Gasteiger partial charge < -0.3 is 10.3 Å². The summed E-state index contributed by atoms with van der Waals surface area (Å²) in [5, 5.41) is 3.21. The second-order valence-corrected chi connectivity index (χ2v) is 5.28. The lowest BCUT2D eigenvalue weighted by atomic mass is 10.1. The fourth-order valence-electron chi connectivity index (χ4n) is 2.82. The van der Waals surface area contributed by atoms with Gasteiger partial charge in [0.05, 0.1) is 5.69 Å². The van der Waals surface area contributed by atoms with Crippen LogP contribution in [0.15, 0.2) is 35.1 Å². The Bertz CT molecular complexity index is 638. The normalized spacial score (nSPS) is 14.4. The highest BCUT2D eigenvalue weighted by Gasteiger charge is 2.24. The molecule has 104 valence electrons. The molecule has 1 aliphatic carbocycles. The summed E-state index contributed by atoms with van der Waals surface area (Å²) in [6.45, 7) is 3.56. The number of fused-ring (bicyclic) bond motifs is 1. The molecule has 2 aromatic rings. The maximum absolute atomic E-state index is 11.8. The van der Waals surface area contributed by atoms with Gasteiger partial charge in [-0.05, 0) is 30.5 Å². The fraction of sp³-hybridized carbons (Fsp3) is 0.375. The molecule has 4 heteroatoms. The third kappa shape index (κ3) is 2.65. The van der Waals surface area contributed by atoms with E-state index in [4.69, 9.17) is 0 Å². The standard InChI is InChI=1S/C16H19N3O/c1-2-17-10-14-9-15(20)19-16(18-14)13-7-11-5-3-4-6-12(11)8-13/h3-6,9,13,17H,2,7-8,10H2,1H3,(H,18,19,20). The number of H-pyrrole nitrogens is 1. The van der Waals surface area contributed by atoms with Crippen LogP contribution in [-0.2, 0) is 19.4 Å². The molecule has 2 N–H and O–H groups in total. The molecule has 1 heterocycles. The summed E-state index contributed by atoms with van der Waals surface area (Å²) in [7, 11) is 0. The van der Waals surface area contributed by atoms with E-state index in [0.717, 1.165) is 30.9 Å². The quantitative estimate of drug-likeness (QED) is 0.889. The van der Waals surface area contributed by atoms with E-state index in [0.29, 0.717) is 12.5 Å². The molecule has 0 saturated heterocycles. The summed E-state index contributed by atoms with van der Waals surface area (Å²) in [4.78, 5) is 19.3. The zero-order valence-electron chi connectivity index (χ0n) is 11.6. The average Bonchev–Trinajstić information content (AvgIpc) is 2.88. The number of rotatable bonds is 4. The van der Waals surface area contributed by atoms with Gasteiger partial charge in [-0.15, -0.1) is 0 Å². The van der Waals surface area contributed by atoms with Crippen LogP contribution in [0.1, 0.15) is 35.5 Å². The van der Waals surface area contributed by atoms with Crippen LogP contribution >= 0.6 is 0 Å². The van der Waals surface area contributed by atoms with E-state index in [9.17, 15) is 4.79 Å². The van der Waals surface area contributed by atoms with Crippen LogP contribution in [-0.4, -0.2) is 16.5 Å². The fourth-order valence-corrected chi connectivity index (χ4v) is 2.82. The summed E-state index contributed by atoms with van der Waals surface area (Å²) in [6, 6.07) is 10.0. The SMILES string of the molecule is CCNCc1cc(=O)[nH]c(C2Cc3ccccc3C2)n1. The van der Waals surface area contributed by atoms with Gasteiger partial charge in [0.2, 0.25) is 0 Å². The number of nitrogens with zero attached hydrogens (tertiary/aromatic N) is 1. The molecule has 20 heavy (non-hydrogen) atoms. The van der Waals surface area contributed by atoms with E-state index in [1.807, 2.05) is 6.92 Å². The van der Waals surface area contributed by atoms with Crippen molar-refractivity contribution in [3.63, 3.8) is 0 Å². The van der Waals surface area contributed by atoms with Gasteiger partial charge in [-0.3, -0.25) is 4.79 Å². The maximum Gasteiger partial charge on any atom is 0.251 e. The van der Waals surface area contributed by atoms with Crippen LogP contribution < -0.4 is 10.9 Å². The smallest absolute Gasteiger partial charge is 0.251 e. The Hall–Kier alpha value is -1.94. The molecular formula is C16H19N3O. The van der Waals surface area contributed by atoms with E-state index in [1.165, 1.54) is 11.1 Å². The molecule has 0 saturated carbocycles. The Morgan fingerprint density at radius 3 is 2.65 bits per heavy atom. The number of hydrogen-bond acceptors (Lipinski definition) is 3. The molecule has 0 amide bonds. The lowest BCUT2D eigenvalue weighted by Gasteiger charge is -2.10. The molecule has 0 radical (unpaired) electrons. The van der Waals surface area contributed by atoms with Crippen LogP contribution in [0.25, 0.3) is 0 Å². The Morgan fingerprint density at radius 1 is 1.30 bits per heavy atom.